The van der Waals surface area contributed by atoms with Gasteiger partial charge in [-0.2, -0.15) is 0 Å². The van der Waals surface area contributed by atoms with Crippen molar-refractivity contribution in [3.05, 3.63) is 0 Å². The number of nitrogens with one attached hydrogen (secondary N) is 2. The third kappa shape index (κ3) is 1.70. The molecule has 1 saturated heterocycles. The van der Waals surface area contributed by atoms with Crippen LogP contribution in [-0.4, -0.2) is 36.8 Å². The molecule has 0 aliphatic carbocycles. The van der Waals surface area contributed by atoms with Crippen LogP contribution in [0.5, 0.6) is 0 Å². The second-order valence-corrected chi connectivity index (χ2v) is 2.86. The minimum absolute atomic E-state index is 0.265. The van der Waals surface area contributed by atoms with Crippen LogP contribution < -0.4 is 10.6 Å². The summed E-state index contributed by atoms with van der Waals surface area (Å²) in [6.07, 6.45) is 1.01. The molecule has 1 aliphatic rings. The van der Waals surface area contributed by atoms with Crippen LogP contribution in [0.1, 0.15) is 12.8 Å². The van der Waals surface area contributed by atoms with Gasteiger partial charge in [-0.3, -0.25) is 4.79 Å². The van der Waals surface area contributed by atoms with Gasteiger partial charge in [0.15, 0.2) is 0 Å². The lowest BCUT2D eigenvalue weighted by atomic mass is 9.92. The Kier molecular flexibility index (Phi) is 2.46. The summed E-state index contributed by atoms with van der Waals surface area (Å²) in [5, 5.41) is 15.2. The summed E-state index contributed by atoms with van der Waals surface area (Å²) < 4.78 is 0. The first-order chi connectivity index (χ1) is 5.19. The Hall–Kier alpha value is -0.610. The van der Waals surface area contributed by atoms with E-state index < -0.39 is 5.60 Å². The summed E-state index contributed by atoms with van der Waals surface area (Å²) in [4.78, 5) is 11.1. The highest BCUT2D eigenvalue weighted by Gasteiger charge is 2.35. The fraction of sp³-hybridized carbons (Fsp3) is 0.857. The molecule has 0 bridgehead atoms. The largest absolute Gasteiger partial charge is 0.380 e. The van der Waals surface area contributed by atoms with E-state index in [2.05, 4.69) is 10.6 Å². The molecule has 0 radical (unpaired) electrons. The summed E-state index contributed by atoms with van der Waals surface area (Å²) >= 11 is 0. The lowest BCUT2D eigenvalue weighted by Crippen LogP contribution is -2.51. The average molecular weight is 158 g/mol. The van der Waals surface area contributed by atoms with Crippen molar-refractivity contribution in [1.82, 2.24) is 10.6 Å². The van der Waals surface area contributed by atoms with Crippen LogP contribution >= 0.6 is 0 Å². The molecule has 1 rings (SSSR count). The maximum absolute atomic E-state index is 11.1. The van der Waals surface area contributed by atoms with Gasteiger partial charge in [-0.1, -0.05) is 0 Å². The van der Waals surface area contributed by atoms with Crippen molar-refractivity contribution in [1.29, 1.82) is 0 Å². The highest BCUT2D eigenvalue weighted by atomic mass is 16.3. The van der Waals surface area contributed by atoms with Gasteiger partial charge in [0.25, 0.3) is 5.91 Å². The zero-order valence-corrected chi connectivity index (χ0v) is 6.68. The lowest BCUT2D eigenvalue weighted by molar-refractivity contribution is -0.141. The van der Waals surface area contributed by atoms with Gasteiger partial charge >= 0.3 is 0 Å². The second-order valence-electron chi connectivity index (χ2n) is 2.86. The van der Waals surface area contributed by atoms with E-state index in [0.717, 1.165) is 0 Å². The van der Waals surface area contributed by atoms with Crippen LogP contribution in [0.3, 0.4) is 0 Å². The third-order valence-electron chi connectivity index (χ3n) is 2.08. The Morgan fingerprint density at radius 1 is 1.55 bits per heavy atom. The third-order valence-corrected chi connectivity index (χ3v) is 2.08. The van der Waals surface area contributed by atoms with Gasteiger partial charge in [-0.05, 0) is 25.9 Å². The van der Waals surface area contributed by atoms with Crippen molar-refractivity contribution in [3.63, 3.8) is 0 Å². The Labute approximate surface area is 66.0 Å². The summed E-state index contributed by atoms with van der Waals surface area (Å²) in [7, 11) is 1.54. The normalized spacial score (nSPS) is 22.7. The fourth-order valence-corrected chi connectivity index (χ4v) is 1.30. The van der Waals surface area contributed by atoms with E-state index in [1.165, 1.54) is 0 Å². The van der Waals surface area contributed by atoms with Gasteiger partial charge in [0.1, 0.15) is 5.60 Å². The SMILES string of the molecule is CNC(=O)C1(O)CCNCC1. The molecule has 1 fully saturated rings. The van der Waals surface area contributed by atoms with Crippen molar-refractivity contribution >= 4 is 5.91 Å². The molecule has 0 unspecified atom stereocenters. The Morgan fingerprint density at radius 2 is 2.09 bits per heavy atom. The van der Waals surface area contributed by atoms with E-state index in [4.69, 9.17) is 0 Å². The van der Waals surface area contributed by atoms with Crippen molar-refractivity contribution < 1.29 is 9.90 Å². The van der Waals surface area contributed by atoms with Crippen molar-refractivity contribution in [2.24, 2.45) is 0 Å². The van der Waals surface area contributed by atoms with Crippen LogP contribution in [0.2, 0.25) is 0 Å². The molecule has 1 heterocycles. The minimum atomic E-state index is -1.12. The Balaban J connectivity index is 2.56. The first-order valence-corrected chi connectivity index (χ1v) is 3.84. The van der Waals surface area contributed by atoms with Crippen LogP contribution in [0.4, 0.5) is 0 Å². The predicted octanol–water partition coefficient (Wildman–Crippen LogP) is -1.15. The molecule has 3 N–H and O–H groups in total. The maximum atomic E-state index is 11.1. The molecular weight excluding hydrogens is 144 g/mol. The predicted molar refractivity (Wildman–Crippen MR) is 41.1 cm³/mol. The molecule has 4 nitrogen and oxygen atoms in total. The Morgan fingerprint density at radius 3 is 2.55 bits per heavy atom. The molecule has 0 saturated carbocycles. The second kappa shape index (κ2) is 3.19. The number of carbonyl (C=O) groups is 1. The monoisotopic (exact) mass is 158 g/mol. The molecule has 0 aromatic rings. The van der Waals surface area contributed by atoms with Gasteiger partial charge in [0.05, 0.1) is 0 Å². The van der Waals surface area contributed by atoms with Gasteiger partial charge in [-0.15, -0.1) is 0 Å². The number of carbonyl (C=O) groups excluding carboxylic acids is 1. The number of hydrogen-bond donors (Lipinski definition) is 3. The number of aliphatic hydroxyl groups is 1. The number of likely N-dealkylation sites (N-methyl/N-ethyl adjacent to an activating group) is 1. The quantitative estimate of drug-likeness (QED) is 0.451. The van der Waals surface area contributed by atoms with E-state index in [1.54, 1.807) is 7.05 Å². The molecule has 4 heteroatoms. The molecule has 0 spiro atoms. The van der Waals surface area contributed by atoms with Crippen molar-refractivity contribution in [3.8, 4) is 0 Å². The summed E-state index contributed by atoms with van der Waals surface area (Å²) in [5.74, 6) is -0.265. The summed E-state index contributed by atoms with van der Waals surface area (Å²) in [6, 6.07) is 0. The number of amides is 1. The molecular formula is C7H14N2O2. The fourth-order valence-electron chi connectivity index (χ4n) is 1.30. The van der Waals surface area contributed by atoms with E-state index in [-0.39, 0.29) is 5.91 Å². The van der Waals surface area contributed by atoms with Crippen LogP contribution in [0.25, 0.3) is 0 Å². The van der Waals surface area contributed by atoms with Gasteiger partial charge in [0, 0.05) is 7.05 Å². The van der Waals surface area contributed by atoms with E-state index in [9.17, 15) is 9.90 Å². The smallest absolute Gasteiger partial charge is 0.251 e. The van der Waals surface area contributed by atoms with Crippen molar-refractivity contribution in [2.75, 3.05) is 20.1 Å². The number of rotatable bonds is 1. The Bertz CT molecular complexity index is 153. The van der Waals surface area contributed by atoms with Crippen molar-refractivity contribution in [2.45, 2.75) is 18.4 Å². The first-order valence-electron chi connectivity index (χ1n) is 3.84. The van der Waals surface area contributed by atoms with Crippen LogP contribution in [-0.2, 0) is 4.79 Å². The number of piperidine rings is 1. The van der Waals surface area contributed by atoms with Crippen LogP contribution in [0.15, 0.2) is 0 Å². The maximum Gasteiger partial charge on any atom is 0.251 e. The molecule has 1 amide bonds. The average Bonchev–Trinajstić information content (AvgIpc) is 2.04. The topological polar surface area (TPSA) is 61.4 Å². The molecule has 0 aromatic carbocycles. The van der Waals surface area contributed by atoms with E-state index >= 15 is 0 Å². The highest BCUT2D eigenvalue weighted by Crippen LogP contribution is 2.17. The highest BCUT2D eigenvalue weighted by molar-refractivity contribution is 5.84. The lowest BCUT2D eigenvalue weighted by Gasteiger charge is -2.30. The van der Waals surface area contributed by atoms with Gasteiger partial charge in [0.2, 0.25) is 0 Å². The van der Waals surface area contributed by atoms with Gasteiger partial charge < -0.3 is 15.7 Å². The molecule has 64 valence electrons. The first kappa shape index (κ1) is 8.49. The molecule has 1 aliphatic heterocycles. The zero-order chi connectivity index (χ0) is 8.32. The van der Waals surface area contributed by atoms with E-state index in [0.29, 0.717) is 25.9 Å². The molecule has 11 heavy (non-hydrogen) atoms. The standard InChI is InChI=1S/C7H14N2O2/c1-8-6(10)7(11)2-4-9-5-3-7/h9,11H,2-5H2,1H3,(H,8,10). The molecule has 0 atom stereocenters. The van der Waals surface area contributed by atoms with Gasteiger partial charge in [-0.25, -0.2) is 0 Å². The van der Waals surface area contributed by atoms with E-state index in [1.807, 2.05) is 0 Å². The minimum Gasteiger partial charge on any atom is -0.380 e. The summed E-state index contributed by atoms with van der Waals surface area (Å²) in [6.45, 7) is 1.42. The summed E-state index contributed by atoms with van der Waals surface area (Å²) in [5.41, 5.74) is -1.12. The zero-order valence-electron chi connectivity index (χ0n) is 6.68. The molecule has 0 aromatic heterocycles. The van der Waals surface area contributed by atoms with Crippen LogP contribution in [0, 0.1) is 0 Å². The number of hydrogen-bond acceptors (Lipinski definition) is 3.